The average Bonchev–Trinajstić information content (AvgIpc) is 4.08. The Morgan fingerprint density at radius 3 is 1.84 bits per heavy atom. The third kappa shape index (κ3) is 7.23. The second-order valence-electron chi connectivity index (χ2n) is 15.1. The molecule has 1 aliphatic carbocycles. The van der Waals surface area contributed by atoms with Crippen molar-refractivity contribution in [3.63, 3.8) is 0 Å². The summed E-state index contributed by atoms with van der Waals surface area (Å²) in [6.45, 7) is 2.92. The second-order valence-corrected chi connectivity index (χ2v) is 16.0. The maximum Gasteiger partial charge on any atom is 0.492 e. The molecule has 0 saturated heterocycles. The van der Waals surface area contributed by atoms with E-state index in [4.69, 9.17) is 17.7 Å². The lowest BCUT2D eigenvalue weighted by molar-refractivity contribution is -0.359. The molecule has 0 saturated carbocycles. The number of fused-ring (bicyclic) bond motifs is 12. The number of nitrogens with one attached hydrogen (secondary N) is 1. The van der Waals surface area contributed by atoms with Gasteiger partial charge in [-0.2, -0.15) is 0 Å². The zero-order valence-electron chi connectivity index (χ0n) is 34.3. The predicted molar refractivity (Wildman–Crippen MR) is 258 cm³/mol. The Morgan fingerprint density at radius 1 is 0.594 bits per heavy atom. The molecule has 2 amide bonds. The number of nitrogens with zero attached hydrogens (tertiary/aromatic N) is 1. The van der Waals surface area contributed by atoms with Crippen LogP contribution in [0.25, 0.3) is 82.5 Å². The molecule has 10 aromatic rings. The van der Waals surface area contributed by atoms with E-state index < -0.39 is 7.12 Å². The molecule has 0 fully saturated rings. The number of hydrogen-bond donors (Lipinski definition) is 3. The van der Waals surface area contributed by atoms with Gasteiger partial charge in [-0.25, -0.2) is 9.42 Å². The van der Waals surface area contributed by atoms with Gasteiger partial charge >= 0.3 is 18.7 Å². The topological polar surface area (TPSA) is 150 Å². The van der Waals surface area contributed by atoms with E-state index in [0.29, 0.717) is 33.8 Å². The van der Waals surface area contributed by atoms with Crippen molar-refractivity contribution in [1.82, 2.24) is 0 Å². The quantitative estimate of drug-likeness (QED) is 0.0907. The fourth-order valence-electron chi connectivity index (χ4n) is 8.30. The Kier molecular flexibility index (Phi) is 10.5. The number of ketones is 1. The molecule has 12 rings (SSSR count). The minimum Gasteiger partial charge on any atom is -0.456 e. The molecule has 3 aromatic heterocycles. The Balaban J connectivity index is 0.000000122. The SMILES string of the molecule is CC(=O)N=C1C=CC(Br)=C2C1=[O+]c1ccccc12.CC(=O)Nc1ccc(-c2cccc3c2oc2ccccc23)c2c1oc1ccccc12.OB(O)c1cccc2c1oc1ccccc12. The van der Waals surface area contributed by atoms with Gasteiger partial charge in [0.25, 0.3) is 0 Å². The van der Waals surface area contributed by atoms with Crippen LogP contribution in [0.4, 0.5) is 5.69 Å². The fraction of sp³-hybridized carbons (Fsp3) is 0.0385. The number of aliphatic imine (C=N–C) groups is 1. The molecule has 310 valence electrons. The van der Waals surface area contributed by atoms with Gasteiger partial charge in [-0.15, -0.1) is 0 Å². The third-order valence-electron chi connectivity index (χ3n) is 11.0. The van der Waals surface area contributed by atoms with Crippen molar-refractivity contribution in [3.8, 4) is 16.9 Å². The lowest BCUT2D eigenvalue weighted by Crippen LogP contribution is -2.29. The Bertz CT molecular complexity index is 3660. The number of rotatable bonds is 3. The number of hydrogen-bond acceptors (Lipinski definition) is 7. The van der Waals surface area contributed by atoms with Gasteiger partial charge in [-0.3, -0.25) is 9.59 Å². The number of carbonyl (C=O) groups is 2. The number of amides is 2. The van der Waals surface area contributed by atoms with Gasteiger partial charge in [0.1, 0.15) is 33.5 Å². The molecule has 7 aromatic carbocycles. The largest absolute Gasteiger partial charge is 0.492 e. The van der Waals surface area contributed by atoms with E-state index in [9.17, 15) is 19.6 Å². The first-order valence-corrected chi connectivity index (χ1v) is 21.1. The number of anilines is 1. The summed E-state index contributed by atoms with van der Waals surface area (Å²) < 4.78 is 24.8. The second kappa shape index (κ2) is 16.6. The highest BCUT2D eigenvalue weighted by Gasteiger charge is 2.40. The van der Waals surface area contributed by atoms with Crippen LogP contribution < -0.4 is 10.8 Å². The highest BCUT2D eigenvalue weighted by atomic mass is 79.9. The van der Waals surface area contributed by atoms with Crippen LogP contribution in [0.2, 0.25) is 0 Å². The minimum absolute atomic E-state index is 0.135. The molecule has 4 heterocycles. The first-order valence-electron chi connectivity index (χ1n) is 20.4. The maximum absolute atomic E-state index is 11.7. The molecule has 0 unspecified atom stereocenters. The smallest absolute Gasteiger partial charge is 0.456 e. The van der Waals surface area contributed by atoms with Crippen molar-refractivity contribution in [1.29, 1.82) is 0 Å². The van der Waals surface area contributed by atoms with Crippen LogP contribution in [0, 0.1) is 0 Å². The van der Waals surface area contributed by atoms with Crippen LogP contribution in [0.5, 0.6) is 5.75 Å². The summed E-state index contributed by atoms with van der Waals surface area (Å²) in [7, 11) is -1.51. The van der Waals surface area contributed by atoms with Gasteiger partial charge in [-0.1, -0.05) is 109 Å². The van der Waals surface area contributed by atoms with Crippen molar-refractivity contribution in [3.05, 3.63) is 168 Å². The Labute approximate surface area is 373 Å². The molecule has 0 bridgehead atoms. The summed E-state index contributed by atoms with van der Waals surface area (Å²) in [6.07, 6.45) is 3.66. The summed E-state index contributed by atoms with van der Waals surface area (Å²) in [5, 5.41) is 27.4. The van der Waals surface area contributed by atoms with Crippen molar-refractivity contribution in [2.75, 3.05) is 5.32 Å². The first-order chi connectivity index (χ1) is 31.1. The first kappa shape index (κ1) is 40.4. The molecular formula is C52H35BBrN2O8+. The molecule has 1 aliphatic heterocycles. The molecule has 10 nitrogen and oxygen atoms in total. The number of allylic oxidation sites excluding steroid dienone is 4. The molecule has 12 heteroatoms. The number of benzene rings is 7. The van der Waals surface area contributed by atoms with Crippen LogP contribution in [-0.2, 0) is 14.0 Å². The molecular weight excluding hydrogens is 871 g/mol. The summed E-state index contributed by atoms with van der Waals surface area (Å²) >= 11 is 3.51. The van der Waals surface area contributed by atoms with Crippen LogP contribution >= 0.6 is 15.9 Å². The summed E-state index contributed by atoms with van der Waals surface area (Å²) in [4.78, 5) is 26.8. The lowest BCUT2D eigenvalue weighted by atomic mass is 9.79. The van der Waals surface area contributed by atoms with E-state index >= 15 is 0 Å². The van der Waals surface area contributed by atoms with Gasteiger partial charge in [0.15, 0.2) is 11.3 Å². The average molecular weight is 907 g/mol. The van der Waals surface area contributed by atoms with Crippen LogP contribution in [-0.4, -0.2) is 40.5 Å². The summed E-state index contributed by atoms with van der Waals surface area (Å²) in [6, 6.07) is 46.9. The summed E-state index contributed by atoms with van der Waals surface area (Å²) in [5.74, 6) is 1.06. The monoisotopic (exact) mass is 905 g/mol. The van der Waals surface area contributed by atoms with Crippen molar-refractivity contribution >= 4 is 129 Å². The summed E-state index contributed by atoms with van der Waals surface area (Å²) in [5.41, 5.74) is 10.0. The number of carbonyl (C=O) groups excluding carboxylic acids is 3. The van der Waals surface area contributed by atoms with E-state index in [2.05, 4.69) is 50.5 Å². The number of para-hydroxylation sites is 6. The molecule has 0 atom stereocenters. The number of halogens is 1. The van der Waals surface area contributed by atoms with E-state index in [1.807, 2.05) is 115 Å². The van der Waals surface area contributed by atoms with E-state index in [0.717, 1.165) is 87.1 Å². The van der Waals surface area contributed by atoms with Gasteiger partial charge in [-0.05, 0) is 64.0 Å². The van der Waals surface area contributed by atoms with E-state index in [1.165, 1.54) is 13.8 Å². The fourth-order valence-corrected chi connectivity index (χ4v) is 8.83. The van der Waals surface area contributed by atoms with Crippen molar-refractivity contribution in [2.24, 2.45) is 4.99 Å². The predicted octanol–water partition coefficient (Wildman–Crippen LogP) is 11.6. The van der Waals surface area contributed by atoms with Gasteiger partial charge in [0.2, 0.25) is 11.8 Å². The zero-order chi connectivity index (χ0) is 44.1. The third-order valence-corrected chi connectivity index (χ3v) is 11.6. The highest BCUT2D eigenvalue weighted by molar-refractivity contribution is 9.12. The zero-order valence-corrected chi connectivity index (χ0v) is 35.8. The van der Waals surface area contributed by atoms with Gasteiger partial charge < -0.3 is 28.6 Å². The molecule has 0 spiro atoms. The van der Waals surface area contributed by atoms with Gasteiger partial charge in [0, 0.05) is 67.7 Å². The molecule has 2 aliphatic rings. The van der Waals surface area contributed by atoms with Crippen molar-refractivity contribution in [2.45, 2.75) is 13.8 Å². The molecule has 0 radical (unpaired) electrons. The molecule has 3 N–H and O–H groups in total. The van der Waals surface area contributed by atoms with Crippen LogP contribution in [0.1, 0.15) is 19.4 Å². The van der Waals surface area contributed by atoms with Crippen molar-refractivity contribution < 1.29 is 37.3 Å². The van der Waals surface area contributed by atoms with Crippen LogP contribution in [0.15, 0.2) is 180 Å². The lowest BCUT2D eigenvalue weighted by Gasteiger charge is -2.09. The van der Waals surface area contributed by atoms with E-state index in [1.54, 1.807) is 18.2 Å². The standard InChI is InChI=1S/C26H17NO3.C14H9BrNO2.C12H9BO3/c1-15(28)27-21-14-13-17(24-20-8-3-5-12-23(20)30-26(21)24)19-10-6-9-18-16-7-2-4-11-22(16)29-25(18)19;1-8(17)16-11-7-6-10(15)13-9-4-2-3-5-12(9)18-14(11)13;14-13(15)10-6-3-5-9-8-4-1-2-7-11(8)16-12(9)10/h2-14H,1H3,(H,27,28);2-7H,1H3;1-7,14-15H/q;+1;. The van der Waals surface area contributed by atoms with E-state index in [-0.39, 0.29) is 11.8 Å². The normalized spacial score (nSPS) is 13.5. The highest BCUT2D eigenvalue weighted by Crippen LogP contribution is 2.44. The van der Waals surface area contributed by atoms with Crippen LogP contribution in [0.3, 0.4) is 0 Å². The Morgan fingerprint density at radius 2 is 1.16 bits per heavy atom. The maximum atomic E-state index is 11.7. The van der Waals surface area contributed by atoms with Gasteiger partial charge in [0.05, 0.1) is 11.3 Å². The number of furan rings is 3. The molecule has 64 heavy (non-hydrogen) atoms. The Hall–Kier alpha value is -7.64. The minimum atomic E-state index is -1.51.